The summed E-state index contributed by atoms with van der Waals surface area (Å²) in [6.07, 6.45) is 2.02. The molecular formula is C26H35NO3. The predicted octanol–water partition coefficient (Wildman–Crippen LogP) is 5.96. The molecule has 2 aromatic carbocycles. The molecule has 2 aromatic rings. The number of benzene rings is 2. The molecule has 0 unspecified atom stereocenters. The maximum absolute atomic E-state index is 10.4. The van der Waals surface area contributed by atoms with E-state index in [1.807, 2.05) is 88.4 Å². The van der Waals surface area contributed by atoms with Gasteiger partial charge in [-0.15, -0.1) is 0 Å². The number of aldehydes is 1. The molecule has 0 aliphatic rings. The lowest BCUT2D eigenvalue weighted by Gasteiger charge is -2.21. The first-order valence-corrected chi connectivity index (χ1v) is 10.3. The maximum Gasteiger partial charge on any atom is 0.120 e. The Morgan fingerprint density at radius 2 is 1.23 bits per heavy atom. The zero-order valence-electron chi connectivity index (χ0n) is 18.8. The highest BCUT2D eigenvalue weighted by molar-refractivity contribution is 5.50. The number of carbonyl (C=O) groups excluding carboxylic acids is 1. The van der Waals surface area contributed by atoms with Gasteiger partial charge >= 0.3 is 0 Å². The SMILES string of the molecule is CC(C)(CC#N)COCc1ccccc1.CC(C)(CC=O)COCc1ccccc1. The summed E-state index contributed by atoms with van der Waals surface area (Å²) in [5, 5.41) is 8.61. The van der Waals surface area contributed by atoms with Crippen LogP contribution in [0.5, 0.6) is 0 Å². The summed E-state index contributed by atoms with van der Waals surface area (Å²) in [5.74, 6) is 0. The number of nitriles is 1. The Morgan fingerprint density at radius 1 is 0.800 bits per heavy atom. The van der Waals surface area contributed by atoms with E-state index < -0.39 is 0 Å². The molecule has 0 aromatic heterocycles. The van der Waals surface area contributed by atoms with Gasteiger partial charge in [0.15, 0.2) is 0 Å². The van der Waals surface area contributed by atoms with Gasteiger partial charge in [0.05, 0.1) is 32.5 Å². The van der Waals surface area contributed by atoms with Crippen LogP contribution in [-0.4, -0.2) is 19.5 Å². The van der Waals surface area contributed by atoms with Gasteiger partial charge in [-0.25, -0.2) is 0 Å². The predicted molar refractivity (Wildman–Crippen MR) is 121 cm³/mol. The fourth-order valence-corrected chi connectivity index (χ4v) is 2.59. The van der Waals surface area contributed by atoms with E-state index in [1.54, 1.807) is 0 Å². The van der Waals surface area contributed by atoms with Crippen molar-refractivity contribution in [3.05, 3.63) is 71.8 Å². The fourth-order valence-electron chi connectivity index (χ4n) is 2.59. The maximum atomic E-state index is 10.4. The normalized spacial score (nSPS) is 11.2. The number of carbonyl (C=O) groups is 1. The number of hydrogen-bond donors (Lipinski definition) is 0. The average Bonchev–Trinajstić information content (AvgIpc) is 2.70. The lowest BCUT2D eigenvalue weighted by molar-refractivity contribution is -0.110. The van der Waals surface area contributed by atoms with E-state index in [0.29, 0.717) is 39.3 Å². The number of ether oxygens (including phenoxy) is 2. The Balaban J connectivity index is 0.000000300. The van der Waals surface area contributed by atoms with Crippen LogP contribution < -0.4 is 0 Å². The van der Waals surface area contributed by atoms with E-state index in [0.717, 1.165) is 6.29 Å². The third-order valence-electron chi connectivity index (χ3n) is 4.40. The van der Waals surface area contributed by atoms with Crippen molar-refractivity contribution >= 4 is 6.29 Å². The monoisotopic (exact) mass is 409 g/mol. The molecule has 0 atom stereocenters. The highest BCUT2D eigenvalue weighted by Crippen LogP contribution is 2.20. The van der Waals surface area contributed by atoms with Crippen molar-refractivity contribution in [1.82, 2.24) is 0 Å². The van der Waals surface area contributed by atoms with Gasteiger partial charge in [-0.05, 0) is 16.5 Å². The molecule has 162 valence electrons. The molecule has 0 aliphatic heterocycles. The Bertz CT molecular complexity index is 749. The molecule has 0 radical (unpaired) electrons. The Kier molecular flexibility index (Phi) is 11.7. The molecule has 0 aliphatic carbocycles. The quantitative estimate of drug-likeness (QED) is 0.430. The lowest BCUT2D eigenvalue weighted by Crippen LogP contribution is -2.19. The zero-order valence-corrected chi connectivity index (χ0v) is 18.8. The van der Waals surface area contributed by atoms with Crippen LogP contribution in [0.2, 0.25) is 0 Å². The van der Waals surface area contributed by atoms with Gasteiger partial charge in [-0.2, -0.15) is 5.26 Å². The second-order valence-electron chi connectivity index (χ2n) is 8.99. The molecule has 4 heteroatoms. The standard InChI is InChI=1S/C13H17NO.C13H18O2/c2*1-13(2,8-9-14)11-15-10-12-6-4-3-5-7-12/h3-7H,8,10-11H2,1-2H3;3-7,9H,8,10-11H2,1-2H3. The number of nitrogens with zero attached hydrogens (tertiary/aromatic N) is 1. The largest absolute Gasteiger partial charge is 0.376 e. The summed E-state index contributed by atoms with van der Waals surface area (Å²) < 4.78 is 11.2. The van der Waals surface area contributed by atoms with Gasteiger partial charge < -0.3 is 14.3 Å². The molecule has 0 N–H and O–H groups in total. The van der Waals surface area contributed by atoms with Crippen LogP contribution in [0.3, 0.4) is 0 Å². The summed E-state index contributed by atoms with van der Waals surface area (Å²) in [7, 11) is 0. The van der Waals surface area contributed by atoms with Crippen molar-refractivity contribution in [2.45, 2.75) is 53.8 Å². The van der Waals surface area contributed by atoms with Gasteiger partial charge in [-0.1, -0.05) is 88.4 Å². The van der Waals surface area contributed by atoms with Crippen LogP contribution in [0.1, 0.15) is 51.7 Å². The second kappa shape index (κ2) is 13.7. The third-order valence-corrected chi connectivity index (χ3v) is 4.40. The van der Waals surface area contributed by atoms with E-state index >= 15 is 0 Å². The first kappa shape index (κ1) is 25.6. The Hall–Kier alpha value is -2.48. The molecule has 0 saturated heterocycles. The third kappa shape index (κ3) is 12.2. The zero-order chi connectivity index (χ0) is 22.3. The molecular weight excluding hydrogens is 374 g/mol. The van der Waals surface area contributed by atoms with Gasteiger partial charge in [0, 0.05) is 18.3 Å². The topological polar surface area (TPSA) is 59.3 Å². The van der Waals surface area contributed by atoms with E-state index in [4.69, 9.17) is 14.7 Å². The van der Waals surface area contributed by atoms with E-state index in [2.05, 4.69) is 6.07 Å². The van der Waals surface area contributed by atoms with E-state index in [-0.39, 0.29) is 10.8 Å². The molecule has 2 rings (SSSR count). The molecule has 4 nitrogen and oxygen atoms in total. The minimum atomic E-state index is -0.0590. The smallest absolute Gasteiger partial charge is 0.120 e. The summed E-state index contributed by atoms with van der Waals surface area (Å²) in [4.78, 5) is 10.4. The van der Waals surface area contributed by atoms with Crippen LogP contribution in [0.15, 0.2) is 60.7 Å². The van der Waals surface area contributed by atoms with Crippen molar-refractivity contribution in [1.29, 1.82) is 5.26 Å². The highest BCUT2D eigenvalue weighted by atomic mass is 16.5. The minimum Gasteiger partial charge on any atom is -0.376 e. The fraction of sp³-hybridized carbons (Fsp3) is 0.462. The van der Waals surface area contributed by atoms with Crippen LogP contribution in [0, 0.1) is 22.2 Å². The molecule has 0 bridgehead atoms. The van der Waals surface area contributed by atoms with Gasteiger partial charge in [0.2, 0.25) is 0 Å². The number of rotatable bonds is 11. The first-order chi connectivity index (χ1) is 14.3. The van der Waals surface area contributed by atoms with Gasteiger partial charge in [0.1, 0.15) is 6.29 Å². The molecule has 30 heavy (non-hydrogen) atoms. The molecule has 0 fully saturated rings. The second-order valence-corrected chi connectivity index (χ2v) is 8.99. The average molecular weight is 410 g/mol. The van der Waals surface area contributed by atoms with Crippen LogP contribution >= 0.6 is 0 Å². The van der Waals surface area contributed by atoms with Crippen LogP contribution in [0.4, 0.5) is 0 Å². The van der Waals surface area contributed by atoms with Crippen molar-refractivity contribution < 1.29 is 14.3 Å². The summed E-state index contributed by atoms with van der Waals surface area (Å²) in [6, 6.07) is 22.3. The van der Waals surface area contributed by atoms with Crippen LogP contribution in [0.25, 0.3) is 0 Å². The van der Waals surface area contributed by atoms with Gasteiger partial charge in [-0.3, -0.25) is 0 Å². The van der Waals surface area contributed by atoms with Gasteiger partial charge in [0.25, 0.3) is 0 Å². The first-order valence-electron chi connectivity index (χ1n) is 10.3. The summed E-state index contributed by atoms with van der Waals surface area (Å²) >= 11 is 0. The van der Waals surface area contributed by atoms with Crippen molar-refractivity contribution in [2.24, 2.45) is 10.8 Å². The van der Waals surface area contributed by atoms with Crippen LogP contribution in [-0.2, 0) is 27.5 Å². The van der Waals surface area contributed by atoms with E-state index in [1.165, 1.54) is 11.1 Å². The highest BCUT2D eigenvalue weighted by Gasteiger charge is 2.18. The number of hydrogen-bond acceptors (Lipinski definition) is 4. The molecule has 0 spiro atoms. The minimum absolute atomic E-state index is 0.0521. The van der Waals surface area contributed by atoms with Crippen molar-refractivity contribution in [2.75, 3.05) is 13.2 Å². The Labute approximate surface area is 181 Å². The van der Waals surface area contributed by atoms with Crippen molar-refractivity contribution in [3.63, 3.8) is 0 Å². The summed E-state index contributed by atoms with van der Waals surface area (Å²) in [6.45, 7) is 10.6. The Morgan fingerprint density at radius 3 is 1.63 bits per heavy atom. The molecule has 0 saturated carbocycles. The van der Waals surface area contributed by atoms with E-state index in [9.17, 15) is 4.79 Å². The summed E-state index contributed by atoms with van der Waals surface area (Å²) in [5.41, 5.74) is 2.23. The molecule has 0 amide bonds. The lowest BCUT2D eigenvalue weighted by atomic mass is 9.91. The molecule has 0 heterocycles. The van der Waals surface area contributed by atoms with Crippen molar-refractivity contribution in [3.8, 4) is 6.07 Å².